The third-order valence-corrected chi connectivity index (χ3v) is 3.12. The van der Waals surface area contributed by atoms with Gasteiger partial charge in [0.1, 0.15) is 12.4 Å². The maximum Gasteiger partial charge on any atom is 0.237 e. The first-order chi connectivity index (χ1) is 9.15. The number of amides is 1. The number of aliphatic hydroxyl groups is 1. The number of carbonyl (C=O) groups excluding carboxylic acids is 1. The van der Waals surface area contributed by atoms with Gasteiger partial charge in [-0.05, 0) is 25.5 Å². The molecule has 1 aromatic carbocycles. The number of β-amino-alcohol motifs (C(OH)–C–C–N with tert-alkyl or cyclic N) is 1. The molecule has 5 nitrogen and oxygen atoms in total. The Hall–Kier alpha value is -1.59. The van der Waals surface area contributed by atoms with Gasteiger partial charge in [-0.1, -0.05) is 17.7 Å². The van der Waals surface area contributed by atoms with Crippen LogP contribution in [0.1, 0.15) is 12.0 Å². The fourth-order valence-electron chi connectivity index (χ4n) is 2.02. The van der Waals surface area contributed by atoms with E-state index in [1.807, 2.05) is 31.2 Å². The van der Waals surface area contributed by atoms with Crippen LogP contribution in [0.5, 0.6) is 5.75 Å². The molecule has 1 aliphatic heterocycles. The molecule has 1 fully saturated rings. The Bertz CT molecular complexity index is 419. The van der Waals surface area contributed by atoms with Crippen LogP contribution >= 0.6 is 0 Å². The van der Waals surface area contributed by atoms with Crippen molar-refractivity contribution in [2.75, 3.05) is 19.7 Å². The van der Waals surface area contributed by atoms with E-state index in [2.05, 4.69) is 10.6 Å². The second-order valence-electron chi connectivity index (χ2n) is 4.80. The van der Waals surface area contributed by atoms with Crippen LogP contribution in [0.25, 0.3) is 0 Å². The summed E-state index contributed by atoms with van der Waals surface area (Å²) < 4.78 is 5.51. The van der Waals surface area contributed by atoms with E-state index in [0.29, 0.717) is 26.1 Å². The van der Waals surface area contributed by atoms with E-state index in [-0.39, 0.29) is 11.9 Å². The molecule has 0 radical (unpaired) electrons. The van der Waals surface area contributed by atoms with Gasteiger partial charge in [0.25, 0.3) is 0 Å². The summed E-state index contributed by atoms with van der Waals surface area (Å²) in [6.07, 6.45) is 0.0598. The number of aryl methyl sites for hydroxylation is 1. The standard InChI is InChI=1S/C14H20N2O3/c1-10-2-4-12(5-3-10)19-7-6-15-14(18)13-8-11(17)9-16-13/h2-5,11,13,16-17H,6-9H2,1H3,(H,15,18)/t11-,13-/m0/s1. The van der Waals surface area contributed by atoms with Gasteiger partial charge in [0.2, 0.25) is 5.91 Å². The molecule has 0 aliphatic carbocycles. The maximum atomic E-state index is 11.7. The predicted molar refractivity (Wildman–Crippen MR) is 72.1 cm³/mol. The lowest BCUT2D eigenvalue weighted by atomic mass is 10.2. The molecule has 2 rings (SSSR count). The molecule has 0 unspecified atom stereocenters. The summed E-state index contributed by atoms with van der Waals surface area (Å²) in [6.45, 7) is 3.40. The Morgan fingerprint density at radius 2 is 2.21 bits per heavy atom. The third-order valence-electron chi connectivity index (χ3n) is 3.12. The first kappa shape index (κ1) is 13.8. The molecule has 1 saturated heterocycles. The van der Waals surface area contributed by atoms with Crippen LogP contribution in [-0.2, 0) is 4.79 Å². The molecule has 1 aromatic rings. The van der Waals surface area contributed by atoms with Gasteiger partial charge in [-0.15, -0.1) is 0 Å². The molecule has 0 saturated carbocycles. The van der Waals surface area contributed by atoms with Gasteiger partial charge in [-0.25, -0.2) is 0 Å². The zero-order valence-electron chi connectivity index (χ0n) is 11.1. The van der Waals surface area contributed by atoms with E-state index in [1.165, 1.54) is 5.56 Å². The summed E-state index contributed by atoms with van der Waals surface area (Å²) in [5, 5.41) is 15.1. The Morgan fingerprint density at radius 3 is 2.84 bits per heavy atom. The molecule has 0 bridgehead atoms. The molecule has 0 spiro atoms. The van der Waals surface area contributed by atoms with Crippen molar-refractivity contribution in [1.82, 2.24) is 10.6 Å². The topological polar surface area (TPSA) is 70.6 Å². The van der Waals surface area contributed by atoms with E-state index in [4.69, 9.17) is 4.74 Å². The number of benzene rings is 1. The molecule has 104 valence electrons. The SMILES string of the molecule is Cc1ccc(OCCNC(=O)[C@@H]2C[C@H](O)CN2)cc1. The summed E-state index contributed by atoms with van der Waals surface area (Å²) >= 11 is 0. The molecule has 1 aliphatic rings. The highest BCUT2D eigenvalue weighted by Crippen LogP contribution is 2.11. The summed E-state index contributed by atoms with van der Waals surface area (Å²) in [6, 6.07) is 7.50. The molecule has 2 atom stereocenters. The van der Waals surface area contributed by atoms with E-state index >= 15 is 0 Å². The lowest BCUT2D eigenvalue weighted by Gasteiger charge is -2.11. The fraction of sp³-hybridized carbons (Fsp3) is 0.500. The van der Waals surface area contributed by atoms with Crippen molar-refractivity contribution in [3.63, 3.8) is 0 Å². The maximum absolute atomic E-state index is 11.7. The zero-order chi connectivity index (χ0) is 13.7. The first-order valence-electron chi connectivity index (χ1n) is 6.54. The van der Waals surface area contributed by atoms with Crippen molar-refractivity contribution in [2.45, 2.75) is 25.5 Å². The van der Waals surface area contributed by atoms with Gasteiger partial charge >= 0.3 is 0 Å². The summed E-state index contributed by atoms with van der Waals surface area (Å²) in [7, 11) is 0. The highest BCUT2D eigenvalue weighted by molar-refractivity contribution is 5.82. The van der Waals surface area contributed by atoms with Crippen LogP contribution in [-0.4, -0.2) is 42.9 Å². The van der Waals surface area contributed by atoms with E-state index in [1.54, 1.807) is 0 Å². The van der Waals surface area contributed by atoms with Gasteiger partial charge in [-0.3, -0.25) is 4.79 Å². The highest BCUT2D eigenvalue weighted by atomic mass is 16.5. The number of hydrogen-bond donors (Lipinski definition) is 3. The number of carbonyl (C=O) groups is 1. The van der Waals surface area contributed by atoms with Gasteiger partial charge < -0.3 is 20.5 Å². The van der Waals surface area contributed by atoms with Crippen molar-refractivity contribution in [2.24, 2.45) is 0 Å². The van der Waals surface area contributed by atoms with E-state index in [9.17, 15) is 9.90 Å². The number of nitrogens with one attached hydrogen (secondary N) is 2. The number of aliphatic hydroxyl groups excluding tert-OH is 1. The average molecular weight is 264 g/mol. The Balaban J connectivity index is 1.64. The van der Waals surface area contributed by atoms with Crippen LogP contribution in [0.4, 0.5) is 0 Å². The second-order valence-corrected chi connectivity index (χ2v) is 4.80. The number of ether oxygens (including phenoxy) is 1. The van der Waals surface area contributed by atoms with Crippen molar-refractivity contribution >= 4 is 5.91 Å². The van der Waals surface area contributed by atoms with Crippen LogP contribution in [0.15, 0.2) is 24.3 Å². The number of hydrogen-bond acceptors (Lipinski definition) is 4. The van der Waals surface area contributed by atoms with Crippen molar-refractivity contribution in [3.8, 4) is 5.75 Å². The largest absolute Gasteiger partial charge is 0.492 e. The normalized spacial score (nSPS) is 22.2. The quantitative estimate of drug-likeness (QED) is 0.665. The molecule has 1 amide bonds. The Kier molecular flexibility index (Phi) is 4.76. The van der Waals surface area contributed by atoms with Gasteiger partial charge in [0.15, 0.2) is 0 Å². The third kappa shape index (κ3) is 4.22. The molecule has 5 heteroatoms. The monoisotopic (exact) mass is 264 g/mol. The minimum Gasteiger partial charge on any atom is -0.492 e. The van der Waals surface area contributed by atoms with Crippen molar-refractivity contribution in [1.29, 1.82) is 0 Å². The minimum absolute atomic E-state index is 0.0796. The van der Waals surface area contributed by atoms with Gasteiger partial charge in [0, 0.05) is 6.54 Å². The van der Waals surface area contributed by atoms with E-state index in [0.717, 1.165) is 5.75 Å². The Labute approximate surface area is 113 Å². The highest BCUT2D eigenvalue weighted by Gasteiger charge is 2.27. The van der Waals surface area contributed by atoms with Crippen molar-refractivity contribution in [3.05, 3.63) is 29.8 Å². The summed E-state index contributed by atoms with van der Waals surface area (Å²) in [5.41, 5.74) is 1.19. The van der Waals surface area contributed by atoms with E-state index < -0.39 is 6.10 Å². The Morgan fingerprint density at radius 1 is 1.47 bits per heavy atom. The molecule has 0 aromatic heterocycles. The lowest BCUT2D eigenvalue weighted by molar-refractivity contribution is -0.123. The summed E-state index contributed by atoms with van der Waals surface area (Å²) in [4.78, 5) is 11.7. The van der Waals surface area contributed by atoms with Crippen molar-refractivity contribution < 1.29 is 14.6 Å². The molecular formula is C14H20N2O3. The second kappa shape index (κ2) is 6.54. The zero-order valence-corrected chi connectivity index (χ0v) is 11.1. The van der Waals surface area contributed by atoms with Crippen LogP contribution in [0.2, 0.25) is 0 Å². The lowest BCUT2D eigenvalue weighted by Crippen LogP contribution is -2.41. The molecule has 3 N–H and O–H groups in total. The average Bonchev–Trinajstić information content (AvgIpc) is 2.83. The summed E-state index contributed by atoms with van der Waals surface area (Å²) in [5.74, 6) is 0.721. The molecule has 19 heavy (non-hydrogen) atoms. The fourth-order valence-corrected chi connectivity index (χ4v) is 2.02. The predicted octanol–water partition coefficient (Wildman–Crippen LogP) is 0.213. The van der Waals surface area contributed by atoms with Gasteiger partial charge in [0.05, 0.1) is 18.7 Å². The molecule has 1 heterocycles. The number of rotatable bonds is 5. The van der Waals surface area contributed by atoms with Crippen LogP contribution < -0.4 is 15.4 Å². The minimum atomic E-state index is -0.417. The first-order valence-corrected chi connectivity index (χ1v) is 6.54. The van der Waals surface area contributed by atoms with Gasteiger partial charge in [-0.2, -0.15) is 0 Å². The molecular weight excluding hydrogens is 244 g/mol. The smallest absolute Gasteiger partial charge is 0.237 e. The van der Waals surface area contributed by atoms with Crippen LogP contribution in [0.3, 0.4) is 0 Å². The van der Waals surface area contributed by atoms with Crippen LogP contribution in [0, 0.1) is 6.92 Å².